The molecule has 0 aliphatic rings. The summed E-state index contributed by atoms with van der Waals surface area (Å²) in [5.41, 5.74) is 2.22. The highest BCUT2D eigenvalue weighted by Gasteiger charge is 2.11. The molecule has 0 saturated carbocycles. The van der Waals surface area contributed by atoms with E-state index in [9.17, 15) is 10.2 Å². The Morgan fingerprint density at radius 1 is 1.00 bits per heavy atom. The molecule has 0 aromatic heterocycles. The van der Waals surface area contributed by atoms with Crippen LogP contribution >= 0.6 is 0 Å². The molecule has 2 N–H and O–H groups in total. The number of aliphatic hydroxyl groups is 1. The van der Waals surface area contributed by atoms with Gasteiger partial charge in [-0.2, -0.15) is 0 Å². The molecule has 2 nitrogen and oxygen atoms in total. The van der Waals surface area contributed by atoms with Crippen molar-refractivity contribution in [2.75, 3.05) is 6.61 Å². The molecule has 1 radical (unpaired) electrons. The number of hydrogen-bond donors (Lipinski definition) is 2. The average Bonchev–Trinajstić information content (AvgIpc) is 2.38. The van der Waals surface area contributed by atoms with Crippen molar-refractivity contribution < 1.29 is 10.2 Å². The fourth-order valence-electron chi connectivity index (χ4n) is 1.88. The van der Waals surface area contributed by atoms with Gasteiger partial charge in [-0.05, 0) is 35.7 Å². The summed E-state index contributed by atoms with van der Waals surface area (Å²) in [6, 6.07) is 17.7. The SMILES string of the molecule is OCC(Cc1cc[c]cc1)c1ccc(O)cc1. The maximum Gasteiger partial charge on any atom is 0.115 e. The van der Waals surface area contributed by atoms with Crippen molar-refractivity contribution in [2.24, 2.45) is 0 Å². The van der Waals surface area contributed by atoms with Gasteiger partial charge in [-0.3, -0.25) is 0 Å². The number of benzene rings is 2. The summed E-state index contributed by atoms with van der Waals surface area (Å²) in [6.45, 7) is 0.101. The molecule has 87 valence electrons. The highest BCUT2D eigenvalue weighted by molar-refractivity contribution is 5.30. The van der Waals surface area contributed by atoms with E-state index in [0.29, 0.717) is 0 Å². The van der Waals surface area contributed by atoms with Gasteiger partial charge in [-0.1, -0.05) is 36.4 Å². The molecule has 2 aromatic carbocycles. The number of aromatic hydroxyl groups is 1. The molecule has 17 heavy (non-hydrogen) atoms. The fourth-order valence-corrected chi connectivity index (χ4v) is 1.88. The quantitative estimate of drug-likeness (QED) is 0.842. The monoisotopic (exact) mass is 227 g/mol. The first kappa shape index (κ1) is 11.7. The van der Waals surface area contributed by atoms with Gasteiger partial charge in [-0.15, -0.1) is 0 Å². The van der Waals surface area contributed by atoms with Crippen molar-refractivity contribution in [1.82, 2.24) is 0 Å². The Morgan fingerprint density at radius 2 is 1.65 bits per heavy atom. The predicted molar refractivity (Wildman–Crippen MR) is 66.9 cm³/mol. The topological polar surface area (TPSA) is 40.5 Å². The zero-order valence-electron chi connectivity index (χ0n) is 9.50. The summed E-state index contributed by atoms with van der Waals surface area (Å²) in [7, 11) is 0. The normalized spacial score (nSPS) is 12.3. The lowest BCUT2D eigenvalue weighted by Gasteiger charge is -2.14. The van der Waals surface area contributed by atoms with E-state index in [0.717, 1.165) is 12.0 Å². The van der Waals surface area contributed by atoms with E-state index in [2.05, 4.69) is 6.07 Å². The number of aliphatic hydroxyl groups excluding tert-OH is 1. The third-order valence-electron chi connectivity index (χ3n) is 2.85. The summed E-state index contributed by atoms with van der Waals surface area (Å²) in [4.78, 5) is 0. The van der Waals surface area contributed by atoms with Crippen molar-refractivity contribution in [3.63, 3.8) is 0 Å². The smallest absolute Gasteiger partial charge is 0.115 e. The summed E-state index contributed by atoms with van der Waals surface area (Å²) >= 11 is 0. The first-order chi connectivity index (χ1) is 8.29. The first-order valence-electron chi connectivity index (χ1n) is 5.64. The molecule has 2 aromatic rings. The summed E-state index contributed by atoms with van der Waals surface area (Å²) < 4.78 is 0. The second-order valence-electron chi connectivity index (χ2n) is 4.08. The van der Waals surface area contributed by atoms with Crippen LogP contribution in [0.15, 0.2) is 48.5 Å². The molecule has 0 saturated heterocycles. The molecular weight excluding hydrogens is 212 g/mol. The van der Waals surface area contributed by atoms with Crippen LogP contribution in [-0.4, -0.2) is 16.8 Å². The van der Waals surface area contributed by atoms with Crippen LogP contribution in [0.5, 0.6) is 5.75 Å². The van der Waals surface area contributed by atoms with Gasteiger partial charge in [-0.25, -0.2) is 0 Å². The van der Waals surface area contributed by atoms with Crippen molar-refractivity contribution in [3.05, 3.63) is 65.7 Å². The van der Waals surface area contributed by atoms with Crippen LogP contribution in [0, 0.1) is 6.07 Å². The van der Waals surface area contributed by atoms with Gasteiger partial charge in [0.05, 0.1) is 6.61 Å². The molecule has 0 bridgehead atoms. The first-order valence-corrected chi connectivity index (χ1v) is 5.64. The molecule has 0 spiro atoms. The molecule has 0 aliphatic heterocycles. The van der Waals surface area contributed by atoms with Crippen molar-refractivity contribution in [2.45, 2.75) is 12.3 Å². The zero-order valence-corrected chi connectivity index (χ0v) is 9.50. The Bertz CT molecular complexity index is 448. The Labute approximate surface area is 101 Å². The van der Waals surface area contributed by atoms with E-state index in [-0.39, 0.29) is 18.3 Å². The third-order valence-corrected chi connectivity index (χ3v) is 2.85. The maximum atomic E-state index is 9.44. The number of hydrogen-bond acceptors (Lipinski definition) is 2. The van der Waals surface area contributed by atoms with E-state index in [1.54, 1.807) is 12.1 Å². The lowest BCUT2D eigenvalue weighted by molar-refractivity contribution is 0.264. The minimum absolute atomic E-state index is 0.0676. The number of phenolic OH excluding ortho intramolecular Hbond substituents is 1. The molecule has 2 heteroatoms. The lowest BCUT2D eigenvalue weighted by atomic mass is 9.93. The van der Waals surface area contributed by atoms with Crippen molar-refractivity contribution >= 4 is 0 Å². The molecular formula is C15H15O2. The summed E-state index contributed by atoms with van der Waals surface area (Å²) in [5, 5.41) is 18.7. The summed E-state index contributed by atoms with van der Waals surface area (Å²) in [5.74, 6) is 0.317. The predicted octanol–water partition coefficient (Wildman–Crippen LogP) is 2.51. The van der Waals surface area contributed by atoms with Gasteiger partial charge < -0.3 is 10.2 Å². The van der Waals surface area contributed by atoms with Gasteiger partial charge in [0.15, 0.2) is 0 Å². The van der Waals surface area contributed by atoms with Crippen LogP contribution in [0.3, 0.4) is 0 Å². The Balaban J connectivity index is 2.14. The Morgan fingerprint density at radius 3 is 2.24 bits per heavy atom. The van der Waals surface area contributed by atoms with E-state index in [1.807, 2.05) is 36.4 Å². The molecule has 2 rings (SSSR count). The van der Waals surface area contributed by atoms with Crippen molar-refractivity contribution in [1.29, 1.82) is 0 Å². The van der Waals surface area contributed by atoms with Crippen LogP contribution in [0.25, 0.3) is 0 Å². The van der Waals surface area contributed by atoms with Crippen LogP contribution < -0.4 is 0 Å². The Hall–Kier alpha value is -1.80. The number of rotatable bonds is 4. The number of phenols is 1. The van der Waals surface area contributed by atoms with Crippen LogP contribution in [0.4, 0.5) is 0 Å². The molecule has 0 aliphatic carbocycles. The van der Waals surface area contributed by atoms with Gasteiger partial charge in [0.25, 0.3) is 0 Å². The van der Waals surface area contributed by atoms with Crippen LogP contribution in [-0.2, 0) is 6.42 Å². The van der Waals surface area contributed by atoms with Gasteiger partial charge in [0.2, 0.25) is 0 Å². The minimum atomic E-state index is 0.0676. The molecule has 0 heterocycles. The van der Waals surface area contributed by atoms with Gasteiger partial charge >= 0.3 is 0 Å². The molecule has 1 unspecified atom stereocenters. The average molecular weight is 227 g/mol. The zero-order chi connectivity index (χ0) is 12.1. The van der Waals surface area contributed by atoms with Crippen molar-refractivity contribution in [3.8, 4) is 5.75 Å². The minimum Gasteiger partial charge on any atom is -0.508 e. The highest BCUT2D eigenvalue weighted by atomic mass is 16.3. The second kappa shape index (κ2) is 5.51. The standard InChI is InChI=1S/C15H15O2/c16-11-14(10-12-4-2-1-3-5-12)13-6-8-15(17)9-7-13/h2-9,14,16-17H,10-11H2. The highest BCUT2D eigenvalue weighted by Crippen LogP contribution is 2.22. The molecule has 0 amide bonds. The maximum absolute atomic E-state index is 9.44. The van der Waals surface area contributed by atoms with E-state index in [4.69, 9.17) is 0 Å². The fraction of sp³-hybridized carbons (Fsp3) is 0.200. The molecule has 0 fully saturated rings. The third kappa shape index (κ3) is 3.08. The lowest BCUT2D eigenvalue weighted by Crippen LogP contribution is -2.07. The van der Waals surface area contributed by atoms with Crippen LogP contribution in [0.1, 0.15) is 17.0 Å². The second-order valence-corrected chi connectivity index (χ2v) is 4.08. The van der Waals surface area contributed by atoms with Gasteiger partial charge in [0, 0.05) is 5.92 Å². The van der Waals surface area contributed by atoms with Crippen LogP contribution in [0.2, 0.25) is 0 Å². The summed E-state index contributed by atoms with van der Waals surface area (Å²) in [6.07, 6.45) is 0.788. The Kier molecular flexibility index (Phi) is 3.78. The van der Waals surface area contributed by atoms with E-state index < -0.39 is 0 Å². The van der Waals surface area contributed by atoms with Gasteiger partial charge in [0.1, 0.15) is 5.75 Å². The van der Waals surface area contributed by atoms with E-state index in [1.165, 1.54) is 5.56 Å². The molecule has 1 atom stereocenters. The largest absolute Gasteiger partial charge is 0.508 e. The van der Waals surface area contributed by atoms with E-state index >= 15 is 0 Å².